The summed E-state index contributed by atoms with van der Waals surface area (Å²) < 4.78 is 0. The van der Waals surface area contributed by atoms with Crippen molar-refractivity contribution in [1.82, 2.24) is 4.98 Å². The summed E-state index contributed by atoms with van der Waals surface area (Å²) in [4.78, 5) is 35.5. The maximum Gasteiger partial charge on any atom is 0.270 e. The summed E-state index contributed by atoms with van der Waals surface area (Å²) in [5.74, 6) is 0. The fraction of sp³-hybridized carbons (Fsp3) is 0. The molecule has 0 radical (unpaired) electrons. The molecule has 0 aliphatic heterocycles. The Morgan fingerprint density at radius 2 is 1.56 bits per heavy atom. The second-order valence-corrected chi connectivity index (χ2v) is 5.52. The van der Waals surface area contributed by atoms with Gasteiger partial charge in [-0.3, -0.25) is 25.0 Å². The van der Waals surface area contributed by atoms with E-state index in [0.29, 0.717) is 16.8 Å². The number of aromatic nitrogens is 1. The number of nitrogens with one attached hydrogen (secondary N) is 1. The van der Waals surface area contributed by atoms with Gasteiger partial charge >= 0.3 is 0 Å². The first kappa shape index (κ1) is 17.5. The third-order valence-corrected chi connectivity index (χ3v) is 3.90. The van der Waals surface area contributed by atoms with Crippen LogP contribution in [0.2, 0.25) is 0 Å². The fourth-order valence-corrected chi connectivity index (χ4v) is 2.60. The average molecular weight is 362 g/mol. The van der Waals surface area contributed by atoms with E-state index in [1.54, 1.807) is 6.07 Å². The number of nitrogens with zero attached hydrogens (tertiary/aromatic N) is 3. The number of nitro benzene ring substituents is 2. The second-order valence-electron chi connectivity index (χ2n) is 5.52. The minimum atomic E-state index is -0.658. The van der Waals surface area contributed by atoms with Gasteiger partial charge in [0.25, 0.3) is 16.9 Å². The standard InChI is InChI=1S/C18H10N4O5/c19-10-16-15(12-2-1-3-14(8-12)22(26)27)9-17(20-18(16)23)11-4-6-13(7-5-11)21(24)25/h1-9H,(H,20,23). The maximum absolute atomic E-state index is 12.3. The van der Waals surface area contributed by atoms with Crippen LogP contribution < -0.4 is 5.56 Å². The van der Waals surface area contributed by atoms with Gasteiger partial charge in [0, 0.05) is 35.5 Å². The highest BCUT2D eigenvalue weighted by atomic mass is 16.6. The van der Waals surface area contributed by atoms with E-state index in [1.165, 1.54) is 48.5 Å². The molecule has 2 aromatic carbocycles. The maximum atomic E-state index is 12.3. The molecule has 0 amide bonds. The Morgan fingerprint density at radius 3 is 2.15 bits per heavy atom. The van der Waals surface area contributed by atoms with Crippen LogP contribution in [0.1, 0.15) is 5.56 Å². The molecule has 0 aliphatic rings. The highest BCUT2D eigenvalue weighted by Gasteiger charge is 2.15. The Balaban J connectivity index is 2.19. The number of pyridine rings is 1. The van der Waals surface area contributed by atoms with E-state index in [0.717, 1.165) is 0 Å². The Bertz CT molecular complexity index is 1160. The van der Waals surface area contributed by atoms with Crippen LogP contribution in [0.25, 0.3) is 22.4 Å². The summed E-state index contributed by atoms with van der Waals surface area (Å²) >= 11 is 0. The van der Waals surface area contributed by atoms with Gasteiger partial charge in [0.2, 0.25) is 0 Å². The number of nitriles is 1. The molecule has 27 heavy (non-hydrogen) atoms. The lowest BCUT2D eigenvalue weighted by Gasteiger charge is -2.08. The Labute approximate surface area is 151 Å². The molecule has 0 aliphatic carbocycles. The number of benzene rings is 2. The van der Waals surface area contributed by atoms with E-state index in [2.05, 4.69) is 4.98 Å². The lowest BCUT2D eigenvalue weighted by atomic mass is 9.98. The monoisotopic (exact) mass is 362 g/mol. The van der Waals surface area contributed by atoms with Gasteiger partial charge in [0.05, 0.1) is 9.85 Å². The summed E-state index contributed by atoms with van der Waals surface area (Å²) in [6.45, 7) is 0. The van der Waals surface area contributed by atoms with Crippen LogP contribution in [0.4, 0.5) is 11.4 Å². The number of hydrogen-bond acceptors (Lipinski definition) is 6. The SMILES string of the molecule is N#Cc1c(-c2cccc([N+](=O)[O-])c2)cc(-c2ccc([N+](=O)[O-])cc2)[nH]c1=O. The predicted octanol–water partition coefficient (Wildman–Crippen LogP) is 3.40. The number of nitro groups is 2. The molecule has 0 unspecified atom stereocenters. The third kappa shape index (κ3) is 3.40. The molecule has 3 aromatic rings. The van der Waals surface area contributed by atoms with Gasteiger partial charge in [-0.25, -0.2) is 0 Å². The van der Waals surface area contributed by atoms with Crippen molar-refractivity contribution in [2.45, 2.75) is 0 Å². The molecule has 0 spiro atoms. The molecule has 9 heteroatoms. The van der Waals surface area contributed by atoms with Crippen LogP contribution in [0, 0.1) is 31.6 Å². The van der Waals surface area contributed by atoms with Gasteiger partial charge in [0.1, 0.15) is 11.6 Å². The minimum absolute atomic E-state index is 0.103. The van der Waals surface area contributed by atoms with Crippen LogP contribution >= 0.6 is 0 Å². The molecule has 1 N–H and O–H groups in total. The zero-order valence-electron chi connectivity index (χ0n) is 13.6. The van der Waals surface area contributed by atoms with Gasteiger partial charge in [0.15, 0.2) is 0 Å². The normalized spacial score (nSPS) is 10.2. The number of aromatic amines is 1. The van der Waals surface area contributed by atoms with Gasteiger partial charge in [-0.2, -0.15) is 5.26 Å². The lowest BCUT2D eigenvalue weighted by Crippen LogP contribution is -2.12. The number of non-ortho nitro benzene ring substituents is 2. The molecular weight excluding hydrogens is 352 g/mol. The first-order chi connectivity index (χ1) is 12.9. The van der Waals surface area contributed by atoms with Crippen molar-refractivity contribution in [3.63, 3.8) is 0 Å². The Kier molecular flexibility index (Phi) is 4.47. The quantitative estimate of drug-likeness (QED) is 0.556. The molecule has 9 nitrogen and oxygen atoms in total. The summed E-state index contributed by atoms with van der Waals surface area (Å²) in [7, 11) is 0. The molecule has 0 saturated heterocycles. The number of rotatable bonds is 4. The van der Waals surface area contributed by atoms with Gasteiger partial charge in [-0.05, 0) is 29.3 Å². The summed E-state index contributed by atoms with van der Waals surface area (Å²) in [5, 5.41) is 31.1. The molecular formula is C18H10N4O5. The van der Waals surface area contributed by atoms with Crippen molar-refractivity contribution >= 4 is 11.4 Å². The largest absolute Gasteiger partial charge is 0.321 e. The van der Waals surface area contributed by atoms with Crippen molar-refractivity contribution < 1.29 is 9.85 Å². The van der Waals surface area contributed by atoms with Crippen molar-refractivity contribution in [2.24, 2.45) is 0 Å². The van der Waals surface area contributed by atoms with Crippen molar-refractivity contribution in [2.75, 3.05) is 0 Å². The van der Waals surface area contributed by atoms with Gasteiger partial charge in [-0.1, -0.05) is 12.1 Å². The first-order valence-electron chi connectivity index (χ1n) is 7.58. The molecule has 3 rings (SSSR count). The van der Waals surface area contributed by atoms with Gasteiger partial charge in [-0.15, -0.1) is 0 Å². The summed E-state index contributed by atoms with van der Waals surface area (Å²) in [6.07, 6.45) is 0. The highest BCUT2D eigenvalue weighted by Crippen LogP contribution is 2.29. The van der Waals surface area contributed by atoms with Crippen LogP contribution in [-0.2, 0) is 0 Å². The topological polar surface area (TPSA) is 143 Å². The van der Waals surface area contributed by atoms with Crippen LogP contribution in [0.5, 0.6) is 0 Å². The predicted molar refractivity (Wildman–Crippen MR) is 96.0 cm³/mol. The van der Waals surface area contributed by atoms with E-state index in [1.807, 2.05) is 6.07 Å². The lowest BCUT2D eigenvalue weighted by molar-refractivity contribution is -0.385. The molecule has 0 fully saturated rings. The zero-order chi connectivity index (χ0) is 19.6. The highest BCUT2D eigenvalue weighted by molar-refractivity contribution is 5.76. The average Bonchev–Trinajstić information content (AvgIpc) is 2.67. The first-order valence-corrected chi connectivity index (χ1v) is 7.58. The Hall–Kier alpha value is -4.32. The van der Waals surface area contributed by atoms with E-state index < -0.39 is 15.4 Å². The molecule has 0 saturated carbocycles. The van der Waals surface area contributed by atoms with Crippen molar-refractivity contribution in [1.29, 1.82) is 5.26 Å². The molecule has 0 bridgehead atoms. The van der Waals surface area contributed by atoms with Crippen molar-refractivity contribution in [3.05, 3.63) is 90.7 Å². The second kappa shape index (κ2) is 6.89. The molecule has 1 heterocycles. The molecule has 0 atom stereocenters. The molecule has 132 valence electrons. The summed E-state index contributed by atoms with van der Waals surface area (Å²) in [6, 6.07) is 14.4. The van der Waals surface area contributed by atoms with Crippen LogP contribution in [0.3, 0.4) is 0 Å². The van der Waals surface area contributed by atoms with Crippen LogP contribution in [0.15, 0.2) is 59.4 Å². The van der Waals surface area contributed by atoms with E-state index in [-0.39, 0.29) is 22.5 Å². The van der Waals surface area contributed by atoms with Crippen molar-refractivity contribution in [3.8, 4) is 28.5 Å². The number of H-pyrrole nitrogens is 1. The molecule has 1 aromatic heterocycles. The fourth-order valence-electron chi connectivity index (χ4n) is 2.60. The van der Waals surface area contributed by atoms with Gasteiger partial charge < -0.3 is 4.98 Å². The minimum Gasteiger partial charge on any atom is -0.321 e. The van der Waals surface area contributed by atoms with Crippen LogP contribution in [-0.4, -0.2) is 14.8 Å². The third-order valence-electron chi connectivity index (χ3n) is 3.90. The zero-order valence-corrected chi connectivity index (χ0v) is 13.6. The van der Waals surface area contributed by atoms with E-state index in [9.17, 15) is 30.3 Å². The summed E-state index contributed by atoms with van der Waals surface area (Å²) in [5.41, 5.74) is 0.288. The Morgan fingerprint density at radius 1 is 0.889 bits per heavy atom. The number of hydrogen-bond donors (Lipinski definition) is 1. The van der Waals surface area contributed by atoms with E-state index >= 15 is 0 Å². The smallest absolute Gasteiger partial charge is 0.270 e. The van der Waals surface area contributed by atoms with E-state index in [4.69, 9.17) is 0 Å².